The number of hydrogen-bond acceptors (Lipinski definition) is 4. The summed E-state index contributed by atoms with van der Waals surface area (Å²) >= 11 is 0. The Bertz CT molecular complexity index is 836. The Hall–Kier alpha value is -1.93. The summed E-state index contributed by atoms with van der Waals surface area (Å²) in [6, 6.07) is 5.87. The van der Waals surface area contributed by atoms with E-state index in [4.69, 9.17) is 0 Å². The summed E-state index contributed by atoms with van der Waals surface area (Å²) in [6.07, 6.45) is 5.27. The Morgan fingerprint density at radius 1 is 1.11 bits per heavy atom. The Morgan fingerprint density at radius 3 is 2.46 bits per heavy atom. The summed E-state index contributed by atoms with van der Waals surface area (Å²) in [6.45, 7) is 4.25. The van der Waals surface area contributed by atoms with Gasteiger partial charge in [-0.05, 0) is 55.2 Å². The molecule has 3 rings (SSSR count). The molecule has 28 heavy (non-hydrogen) atoms. The van der Waals surface area contributed by atoms with Crippen LogP contribution in [-0.4, -0.2) is 37.6 Å². The molecule has 2 amide bonds. The van der Waals surface area contributed by atoms with Crippen molar-refractivity contribution in [2.24, 2.45) is 17.8 Å². The van der Waals surface area contributed by atoms with Crippen molar-refractivity contribution in [1.29, 1.82) is 0 Å². The summed E-state index contributed by atoms with van der Waals surface area (Å²) in [5.74, 6) is 1.11. The van der Waals surface area contributed by atoms with Crippen LogP contribution >= 0.6 is 0 Å². The van der Waals surface area contributed by atoms with Gasteiger partial charge in [0.05, 0.1) is 4.90 Å². The Balaban J connectivity index is 1.58. The highest BCUT2D eigenvalue weighted by molar-refractivity contribution is 7.89. The van der Waals surface area contributed by atoms with Crippen molar-refractivity contribution < 1.29 is 18.0 Å². The van der Waals surface area contributed by atoms with Crippen molar-refractivity contribution in [1.82, 2.24) is 15.2 Å². The van der Waals surface area contributed by atoms with Crippen molar-refractivity contribution in [3.63, 3.8) is 0 Å². The molecule has 3 atom stereocenters. The molecule has 1 aromatic rings. The minimum Gasteiger partial charge on any atom is -0.273 e. The number of rotatable bonds is 7. The zero-order valence-electron chi connectivity index (χ0n) is 16.5. The van der Waals surface area contributed by atoms with Crippen LogP contribution in [0.1, 0.15) is 56.3 Å². The molecule has 7 nitrogen and oxygen atoms in total. The minimum atomic E-state index is -3.64. The molecule has 154 valence electrons. The van der Waals surface area contributed by atoms with Gasteiger partial charge in [-0.25, -0.2) is 8.42 Å². The standard InChI is InChI=1S/C20H29N3O4S/c1-3-23(4-2)28(26,27)18-7-5-6-16(12-18)20(25)22-21-19(24)13-17-11-14-8-9-15(17)10-14/h5-7,12,14-15,17H,3-4,8-11,13H2,1-2H3,(H,21,24)(H,22,25)/t14-,15-,17-/m0/s1. The van der Waals surface area contributed by atoms with Gasteiger partial charge in [-0.15, -0.1) is 0 Å². The van der Waals surface area contributed by atoms with Crippen LogP contribution in [0.2, 0.25) is 0 Å². The third kappa shape index (κ3) is 4.38. The summed E-state index contributed by atoms with van der Waals surface area (Å²) in [5, 5.41) is 0. The number of fused-ring (bicyclic) bond motifs is 2. The van der Waals surface area contributed by atoms with Gasteiger partial charge in [0, 0.05) is 25.1 Å². The third-order valence-electron chi connectivity index (χ3n) is 6.09. The topological polar surface area (TPSA) is 95.6 Å². The lowest BCUT2D eigenvalue weighted by atomic mass is 9.86. The maximum Gasteiger partial charge on any atom is 0.269 e. The second kappa shape index (κ2) is 8.61. The number of nitrogens with one attached hydrogen (secondary N) is 2. The number of sulfonamides is 1. The number of nitrogens with zero attached hydrogens (tertiary/aromatic N) is 1. The number of hydrazine groups is 1. The first-order valence-electron chi connectivity index (χ1n) is 10.0. The van der Waals surface area contributed by atoms with Gasteiger partial charge in [0.1, 0.15) is 0 Å². The molecular formula is C20H29N3O4S. The monoisotopic (exact) mass is 407 g/mol. The van der Waals surface area contributed by atoms with Gasteiger partial charge in [-0.3, -0.25) is 20.4 Å². The van der Waals surface area contributed by atoms with Gasteiger partial charge in [0.25, 0.3) is 5.91 Å². The fraction of sp³-hybridized carbons (Fsp3) is 0.600. The molecule has 0 radical (unpaired) electrons. The molecule has 2 bridgehead atoms. The van der Waals surface area contributed by atoms with E-state index in [2.05, 4.69) is 10.9 Å². The molecule has 2 aliphatic carbocycles. The van der Waals surface area contributed by atoms with Gasteiger partial charge in [-0.2, -0.15) is 4.31 Å². The van der Waals surface area contributed by atoms with Crippen LogP contribution in [-0.2, 0) is 14.8 Å². The maximum atomic E-state index is 12.6. The van der Waals surface area contributed by atoms with E-state index >= 15 is 0 Å². The predicted octanol–water partition coefficient (Wildman–Crippen LogP) is 2.30. The summed E-state index contributed by atoms with van der Waals surface area (Å²) in [5.41, 5.74) is 5.07. The Kier molecular flexibility index (Phi) is 6.40. The molecule has 0 saturated heterocycles. The van der Waals surface area contributed by atoms with Crippen molar-refractivity contribution >= 4 is 21.8 Å². The highest BCUT2D eigenvalue weighted by atomic mass is 32.2. The molecule has 0 aliphatic heterocycles. The van der Waals surface area contributed by atoms with E-state index in [-0.39, 0.29) is 16.4 Å². The van der Waals surface area contributed by atoms with Crippen molar-refractivity contribution in [2.75, 3.05) is 13.1 Å². The lowest BCUT2D eigenvalue weighted by molar-refractivity contribution is -0.123. The highest BCUT2D eigenvalue weighted by Crippen LogP contribution is 2.49. The second-order valence-electron chi connectivity index (χ2n) is 7.76. The summed E-state index contributed by atoms with van der Waals surface area (Å²) in [7, 11) is -3.64. The molecule has 2 aliphatic rings. The predicted molar refractivity (Wildman–Crippen MR) is 106 cm³/mol. The lowest BCUT2D eigenvalue weighted by Crippen LogP contribution is -2.42. The molecule has 8 heteroatoms. The van der Waals surface area contributed by atoms with Crippen LogP contribution in [0.3, 0.4) is 0 Å². The van der Waals surface area contributed by atoms with E-state index in [9.17, 15) is 18.0 Å². The van der Waals surface area contributed by atoms with E-state index in [0.29, 0.717) is 31.3 Å². The van der Waals surface area contributed by atoms with Crippen molar-refractivity contribution in [3.8, 4) is 0 Å². The van der Waals surface area contributed by atoms with Crippen LogP contribution < -0.4 is 10.9 Å². The number of carbonyl (C=O) groups is 2. The normalized spacial score (nSPS) is 23.8. The van der Waals surface area contributed by atoms with Crippen molar-refractivity contribution in [3.05, 3.63) is 29.8 Å². The first-order valence-corrected chi connectivity index (χ1v) is 11.5. The van der Waals surface area contributed by atoms with Crippen LogP contribution in [0.15, 0.2) is 29.2 Å². The van der Waals surface area contributed by atoms with Gasteiger partial charge in [0.2, 0.25) is 15.9 Å². The quantitative estimate of drug-likeness (QED) is 0.678. The van der Waals surface area contributed by atoms with Crippen LogP contribution in [0.4, 0.5) is 0 Å². The zero-order chi connectivity index (χ0) is 20.3. The maximum absolute atomic E-state index is 12.6. The van der Waals surface area contributed by atoms with E-state index in [0.717, 1.165) is 12.3 Å². The molecule has 0 unspecified atom stereocenters. The van der Waals surface area contributed by atoms with E-state index in [1.807, 2.05) is 0 Å². The summed E-state index contributed by atoms with van der Waals surface area (Å²) in [4.78, 5) is 24.6. The Morgan fingerprint density at radius 2 is 1.86 bits per heavy atom. The molecular weight excluding hydrogens is 378 g/mol. The fourth-order valence-corrected chi connectivity index (χ4v) is 6.13. The van der Waals surface area contributed by atoms with Crippen LogP contribution in [0, 0.1) is 17.8 Å². The van der Waals surface area contributed by atoms with Crippen LogP contribution in [0.5, 0.6) is 0 Å². The van der Waals surface area contributed by atoms with E-state index < -0.39 is 15.9 Å². The first kappa shape index (κ1) is 20.8. The fourth-order valence-electron chi connectivity index (χ4n) is 4.62. The minimum absolute atomic E-state index is 0.0668. The number of amides is 2. The molecule has 2 fully saturated rings. The second-order valence-corrected chi connectivity index (χ2v) is 9.70. The molecule has 0 aromatic heterocycles. The summed E-state index contributed by atoms with van der Waals surface area (Å²) < 4.78 is 26.6. The smallest absolute Gasteiger partial charge is 0.269 e. The molecule has 0 heterocycles. The Labute approximate surface area is 166 Å². The average Bonchev–Trinajstić information content (AvgIpc) is 3.30. The van der Waals surface area contributed by atoms with E-state index in [1.165, 1.54) is 47.8 Å². The van der Waals surface area contributed by atoms with Crippen LogP contribution in [0.25, 0.3) is 0 Å². The number of hydrogen-bond donors (Lipinski definition) is 2. The average molecular weight is 408 g/mol. The zero-order valence-corrected chi connectivity index (χ0v) is 17.3. The van der Waals surface area contributed by atoms with Gasteiger partial charge < -0.3 is 0 Å². The van der Waals surface area contributed by atoms with E-state index in [1.54, 1.807) is 13.8 Å². The first-order chi connectivity index (χ1) is 13.3. The van der Waals surface area contributed by atoms with Gasteiger partial charge in [0.15, 0.2) is 0 Å². The lowest BCUT2D eigenvalue weighted by Gasteiger charge is -2.21. The third-order valence-corrected chi connectivity index (χ3v) is 8.13. The number of carbonyl (C=O) groups excluding carboxylic acids is 2. The van der Waals surface area contributed by atoms with Crippen molar-refractivity contribution in [2.45, 2.75) is 50.8 Å². The molecule has 2 N–H and O–H groups in total. The molecule has 2 saturated carbocycles. The van der Waals surface area contributed by atoms with Gasteiger partial charge >= 0.3 is 0 Å². The molecule has 1 aromatic carbocycles. The number of benzene rings is 1. The SMILES string of the molecule is CCN(CC)S(=O)(=O)c1cccc(C(=O)NNC(=O)C[C@@H]2C[C@H]3CC[C@H]2C3)c1. The molecule has 0 spiro atoms. The van der Waals surface area contributed by atoms with Gasteiger partial charge in [-0.1, -0.05) is 26.3 Å². The largest absolute Gasteiger partial charge is 0.273 e. The highest BCUT2D eigenvalue weighted by Gasteiger charge is 2.40.